The Morgan fingerprint density at radius 3 is 2.62 bits per heavy atom. The summed E-state index contributed by atoms with van der Waals surface area (Å²) in [7, 11) is -2.20. The van der Waals surface area contributed by atoms with Crippen LogP contribution in [-0.2, 0) is 10.0 Å². The highest BCUT2D eigenvalue weighted by atomic mass is 32.2. The maximum absolute atomic E-state index is 12.3. The average Bonchev–Trinajstić information content (AvgIpc) is 2.43. The third kappa shape index (κ3) is 4.87. The predicted octanol–water partition coefficient (Wildman–Crippen LogP) is 2.06. The molecule has 9 heteroatoms. The summed E-state index contributed by atoms with van der Waals surface area (Å²) < 4.78 is 27.2. The minimum absolute atomic E-state index is 0.00366. The summed E-state index contributed by atoms with van der Waals surface area (Å²) in [6.45, 7) is 3.78. The van der Waals surface area contributed by atoms with E-state index in [-0.39, 0.29) is 22.3 Å². The molecule has 0 saturated carbocycles. The maximum Gasteiger partial charge on any atom is 0.271 e. The highest BCUT2D eigenvalue weighted by Gasteiger charge is 2.22. The second-order valence-corrected chi connectivity index (χ2v) is 7.37. The summed E-state index contributed by atoms with van der Waals surface area (Å²) in [6, 6.07) is 3.41. The average molecular weight is 333 g/mol. The third-order valence-corrected chi connectivity index (χ3v) is 5.45. The lowest BCUT2D eigenvalue weighted by atomic mass is 10.3. The Bertz CT molecular complexity index is 605. The Morgan fingerprint density at radius 1 is 1.43 bits per heavy atom. The number of nitro benzene ring substituents is 1. The number of nitrogens with zero attached hydrogens (tertiary/aromatic N) is 1. The maximum atomic E-state index is 12.3. The number of hydrogen-bond donors (Lipinski definition) is 2. The fourth-order valence-corrected chi connectivity index (χ4v) is 3.93. The predicted molar refractivity (Wildman–Crippen MR) is 85.4 cm³/mol. The van der Waals surface area contributed by atoms with Gasteiger partial charge in [-0.3, -0.25) is 10.1 Å². The fraction of sp³-hybridized carbons (Fsp3) is 0.500. The second-order valence-electron chi connectivity index (χ2n) is 4.37. The van der Waals surface area contributed by atoms with E-state index in [1.165, 1.54) is 25.2 Å². The van der Waals surface area contributed by atoms with Crippen LogP contribution >= 0.6 is 11.8 Å². The molecular formula is C12H19N3O4S2. The summed E-state index contributed by atoms with van der Waals surface area (Å²) in [6.07, 6.45) is 0. The Labute approximate surface area is 128 Å². The largest absolute Gasteiger partial charge is 0.387 e. The zero-order chi connectivity index (χ0) is 16.0. The van der Waals surface area contributed by atoms with Crippen LogP contribution in [0.1, 0.15) is 13.8 Å². The van der Waals surface area contributed by atoms with Gasteiger partial charge in [-0.15, -0.1) is 0 Å². The van der Waals surface area contributed by atoms with Gasteiger partial charge in [-0.2, -0.15) is 11.8 Å². The summed E-state index contributed by atoms with van der Waals surface area (Å²) >= 11 is 1.64. The van der Waals surface area contributed by atoms with Crippen LogP contribution in [0.5, 0.6) is 0 Å². The number of nitro groups is 1. The van der Waals surface area contributed by atoms with Gasteiger partial charge in [0.25, 0.3) is 5.69 Å². The van der Waals surface area contributed by atoms with Crippen LogP contribution in [0, 0.1) is 10.1 Å². The van der Waals surface area contributed by atoms with Gasteiger partial charge in [0.15, 0.2) is 0 Å². The zero-order valence-corrected chi connectivity index (χ0v) is 13.8. The van der Waals surface area contributed by atoms with Crippen molar-refractivity contribution in [1.29, 1.82) is 0 Å². The van der Waals surface area contributed by atoms with Crippen LogP contribution in [0.2, 0.25) is 0 Å². The van der Waals surface area contributed by atoms with E-state index in [4.69, 9.17) is 0 Å². The summed E-state index contributed by atoms with van der Waals surface area (Å²) in [5, 5.41) is 13.4. The standard InChI is InChI=1S/C12H19N3O4S2/c1-4-20-8-9(2)14-21(18,19)12-6-5-10(15(16)17)7-11(12)13-3/h5-7,9,13-14H,4,8H2,1-3H3. The van der Waals surface area contributed by atoms with Gasteiger partial charge in [0.2, 0.25) is 10.0 Å². The molecule has 118 valence electrons. The first-order valence-corrected chi connectivity index (χ1v) is 9.01. The Balaban J connectivity index is 3.05. The van der Waals surface area contributed by atoms with Crippen molar-refractivity contribution in [3.63, 3.8) is 0 Å². The Morgan fingerprint density at radius 2 is 2.10 bits per heavy atom. The first kappa shape index (κ1) is 17.7. The van der Waals surface area contributed by atoms with Crippen LogP contribution < -0.4 is 10.0 Å². The van der Waals surface area contributed by atoms with Gasteiger partial charge in [0.1, 0.15) is 4.90 Å². The molecule has 1 aromatic carbocycles. The molecule has 1 rings (SSSR count). The van der Waals surface area contributed by atoms with Gasteiger partial charge in [-0.1, -0.05) is 6.92 Å². The molecule has 0 heterocycles. The van der Waals surface area contributed by atoms with Gasteiger partial charge in [-0.25, -0.2) is 13.1 Å². The molecule has 0 amide bonds. The van der Waals surface area contributed by atoms with Crippen molar-refractivity contribution in [3.05, 3.63) is 28.3 Å². The monoisotopic (exact) mass is 333 g/mol. The van der Waals surface area contributed by atoms with E-state index < -0.39 is 14.9 Å². The topological polar surface area (TPSA) is 101 Å². The molecule has 0 spiro atoms. The molecule has 0 saturated heterocycles. The highest BCUT2D eigenvalue weighted by molar-refractivity contribution is 7.99. The lowest BCUT2D eigenvalue weighted by molar-refractivity contribution is -0.384. The zero-order valence-electron chi connectivity index (χ0n) is 12.1. The SMILES string of the molecule is CCSCC(C)NS(=O)(=O)c1ccc([N+](=O)[O-])cc1NC. The van der Waals surface area contributed by atoms with Crippen molar-refractivity contribution >= 4 is 33.2 Å². The lowest BCUT2D eigenvalue weighted by Gasteiger charge is -2.15. The van der Waals surface area contributed by atoms with Crippen LogP contribution in [0.15, 0.2) is 23.1 Å². The molecule has 1 aromatic rings. The number of anilines is 1. The third-order valence-electron chi connectivity index (χ3n) is 2.66. The first-order valence-electron chi connectivity index (χ1n) is 6.38. The minimum atomic E-state index is -3.72. The van der Waals surface area contributed by atoms with Gasteiger partial charge >= 0.3 is 0 Å². The Kier molecular flexibility index (Phi) is 6.43. The van der Waals surface area contributed by atoms with E-state index in [0.29, 0.717) is 5.75 Å². The van der Waals surface area contributed by atoms with Crippen LogP contribution in [0.25, 0.3) is 0 Å². The van der Waals surface area contributed by atoms with Crippen molar-refractivity contribution in [1.82, 2.24) is 4.72 Å². The molecule has 0 fully saturated rings. The van der Waals surface area contributed by atoms with Crippen molar-refractivity contribution in [2.45, 2.75) is 24.8 Å². The number of hydrogen-bond acceptors (Lipinski definition) is 6. The number of rotatable bonds is 8. The molecule has 1 atom stereocenters. The van der Waals surface area contributed by atoms with Crippen molar-refractivity contribution in [3.8, 4) is 0 Å². The number of non-ortho nitro benzene ring substituents is 1. The van der Waals surface area contributed by atoms with Gasteiger partial charge in [0.05, 0.1) is 10.6 Å². The van der Waals surface area contributed by atoms with Crippen LogP contribution in [-0.4, -0.2) is 37.9 Å². The molecule has 0 aromatic heterocycles. The normalized spacial score (nSPS) is 12.9. The lowest BCUT2D eigenvalue weighted by Crippen LogP contribution is -2.34. The molecule has 1 unspecified atom stereocenters. The molecule has 0 radical (unpaired) electrons. The number of nitrogens with one attached hydrogen (secondary N) is 2. The molecule has 0 bridgehead atoms. The molecule has 0 aliphatic heterocycles. The number of sulfonamides is 1. The smallest absolute Gasteiger partial charge is 0.271 e. The molecule has 0 aliphatic rings. The van der Waals surface area contributed by atoms with E-state index in [2.05, 4.69) is 10.0 Å². The molecule has 0 aliphatic carbocycles. The molecule has 21 heavy (non-hydrogen) atoms. The van der Waals surface area contributed by atoms with E-state index in [9.17, 15) is 18.5 Å². The van der Waals surface area contributed by atoms with Gasteiger partial charge < -0.3 is 5.32 Å². The van der Waals surface area contributed by atoms with E-state index in [1.54, 1.807) is 18.7 Å². The molecule has 2 N–H and O–H groups in total. The van der Waals surface area contributed by atoms with Crippen molar-refractivity contribution in [2.75, 3.05) is 23.9 Å². The van der Waals surface area contributed by atoms with Crippen LogP contribution in [0.3, 0.4) is 0 Å². The van der Waals surface area contributed by atoms with E-state index in [0.717, 1.165) is 5.75 Å². The fourth-order valence-electron chi connectivity index (χ4n) is 1.72. The highest BCUT2D eigenvalue weighted by Crippen LogP contribution is 2.26. The quantitative estimate of drug-likeness (QED) is 0.558. The van der Waals surface area contributed by atoms with Gasteiger partial charge in [-0.05, 0) is 18.7 Å². The van der Waals surface area contributed by atoms with Crippen molar-refractivity contribution < 1.29 is 13.3 Å². The summed E-state index contributed by atoms with van der Waals surface area (Å²) in [5.41, 5.74) is 0.0416. The number of thioether (sulfide) groups is 1. The first-order chi connectivity index (χ1) is 9.81. The van der Waals surface area contributed by atoms with Crippen LogP contribution in [0.4, 0.5) is 11.4 Å². The Hall–Kier alpha value is -1.32. The van der Waals surface area contributed by atoms with E-state index in [1.807, 2.05) is 6.92 Å². The minimum Gasteiger partial charge on any atom is -0.387 e. The number of benzene rings is 1. The molecular weight excluding hydrogens is 314 g/mol. The summed E-state index contributed by atoms with van der Waals surface area (Å²) in [5.74, 6) is 1.57. The van der Waals surface area contributed by atoms with Gasteiger partial charge in [0, 0.05) is 31.0 Å². The van der Waals surface area contributed by atoms with Crippen molar-refractivity contribution in [2.24, 2.45) is 0 Å². The summed E-state index contributed by atoms with van der Waals surface area (Å²) in [4.78, 5) is 10.2. The molecule has 7 nitrogen and oxygen atoms in total. The second kappa shape index (κ2) is 7.62. The van der Waals surface area contributed by atoms with E-state index >= 15 is 0 Å².